The fourth-order valence-corrected chi connectivity index (χ4v) is 3.51. The van der Waals surface area contributed by atoms with Crippen LogP contribution in [-0.4, -0.2) is 12.2 Å². The van der Waals surface area contributed by atoms with Gasteiger partial charge in [0.25, 0.3) is 0 Å². The van der Waals surface area contributed by atoms with Crippen LogP contribution >= 0.6 is 0 Å². The third kappa shape index (κ3) is 1.84. The molecule has 1 atom stereocenters. The van der Waals surface area contributed by atoms with Crippen LogP contribution in [0.25, 0.3) is 0 Å². The standard InChI is InChI=1S/C13H24O/c1-3-11(4-2)12-9-13(14-10-12)7-5-6-8-13/h11-12H,3-10H2,1-2H3. The van der Waals surface area contributed by atoms with E-state index < -0.39 is 0 Å². The maximum atomic E-state index is 6.10. The van der Waals surface area contributed by atoms with Crippen LogP contribution in [0.1, 0.15) is 58.8 Å². The van der Waals surface area contributed by atoms with Gasteiger partial charge >= 0.3 is 0 Å². The number of ether oxygens (including phenoxy) is 1. The molecule has 0 aromatic rings. The van der Waals surface area contributed by atoms with Crippen molar-refractivity contribution >= 4 is 0 Å². The highest BCUT2D eigenvalue weighted by Gasteiger charge is 2.43. The third-order valence-electron chi connectivity index (χ3n) is 4.47. The Bertz CT molecular complexity index is 178. The fourth-order valence-electron chi connectivity index (χ4n) is 3.51. The monoisotopic (exact) mass is 196 g/mol. The molecule has 0 amide bonds. The Hall–Kier alpha value is -0.0400. The highest BCUT2D eigenvalue weighted by molar-refractivity contribution is 4.94. The molecule has 0 bridgehead atoms. The minimum absolute atomic E-state index is 0.341. The Morgan fingerprint density at radius 1 is 1.21 bits per heavy atom. The normalized spacial score (nSPS) is 30.6. The largest absolute Gasteiger partial charge is 0.375 e. The molecule has 0 radical (unpaired) electrons. The van der Waals surface area contributed by atoms with Crippen molar-refractivity contribution in [2.45, 2.75) is 64.4 Å². The van der Waals surface area contributed by atoms with Gasteiger partial charge in [0.2, 0.25) is 0 Å². The lowest BCUT2D eigenvalue weighted by Crippen LogP contribution is -2.23. The van der Waals surface area contributed by atoms with Crippen LogP contribution in [0.3, 0.4) is 0 Å². The van der Waals surface area contributed by atoms with Gasteiger partial charge in [-0.1, -0.05) is 39.5 Å². The van der Waals surface area contributed by atoms with Gasteiger partial charge in [0.05, 0.1) is 12.2 Å². The van der Waals surface area contributed by atoms with Crippen molar-refractivity contribution in [1.29, 1.82) is 0 Å². The molecule has 2 fully saturated rings. The van der Waals surface area contributed by atoms with Crippen molar-refractivity contribution < 1.29 is 4.74 Å². The van der Waals surface area contributed by atoms with Gasteiger partial charge in [0.15, 0.2) is 0 Å². The van der Waals surface area contributed by atoms with Gasteiger partial charge in [0.1, 0.15) is 0 Å². The van der Waals surface area contributed by atoms with Gasteiger partial charge < -0.3 is 4.74 Å². The number of hydrogen-bond acceptors (Lipinski definition) is 1. The molecule has 14 heavy (non-hydrogen) atoms. The van der Waals surface area contributed by atoms with Crippen molar-refractivity contribution in [2.75, 3.05) is 6.61 Å². The molecule has 2 aliphatic rings. The first-order valence-corrected chi connectivity index (χ1v) is 6.43. The van der Waals surface area contributed by atoms with Gasteiger partial charge in [-0.25, -0.2) is 0 Å². The fraction of sp³-hybridized carbons (Fsp3) is 1.00. The topological polar surface area (TPSA) is 9.23 Å². The first-order valence-electron chi connectivity index (χ1n) is 6.43. The SMILES string of the molecule is CCC(CC)C1COC2(CCCC2)C1. The summed E-state index contributed by atoms with van der Waals surface area (Å²) in [6.07, 6.45) is 9.50. The Labute approximate surface area is 88.2 Å². The zero-order chi connectivity index (χ0) is 10.0. The van der Waals surface area contributed by atoms with Crippen molar-refractivity contribution in [1.82, 2.24) is 0 Å². The molecule has 1 saturated carbocycles. The van der Waals surface area contributed by atoms with Gasteiger partial charge in [-0.2, -0.15) is 0 Å². The summed E-state index contributed by atoms with van der Waals surface area (Å²) in [5, 5.41) is 0. The average molecular weight is 196 g/mol. The van der Waals surface area contributed by atoms with E-state index in [1.807, 2.05) is 0 Å². The molecule has 0 N–H and O–H groups in total. The summed E-state index contributed by atoms with van der Waals surface area (Å²) >= 11 is 0. The molecule has 1 unspecified atom stereocenters. The average Bonchev–Trinajstić information content (AvgIpc) is 2.81. The zero-order valence-corrected chi connectivity index (χ0v) is 9.72. The number of rotatable bonds is 3. The second kappa shape index (κ2) is 4.22. The highest BCUT2D eigenvalue weighted by atomic mass is 16.5. The first-order chi connectivity index (χ1) is 6.79. The van der Waals surface area contributed by atoms with E-state index in [4.69, 9.17) is 4.74 Å². The zero-order valence-electron chi connectivity index (χ0n) is 9.72. The Balaban J connectivity index is 1.93. The molecule has 2 rings (SSSR count). The van der Waals surface area contributed by atoms with E-state index in [9.17, 15) is 0 Å². The summed E-state index contributed by atoms with van der Waals surface area (Å²) in [6, 6.07) is 0. The lowest BCUT2D eigenvalue weighted by Gasteiger charge is -2.23. The summed E-state index contributed by atoms with van der Waals surface area (Å²) in [6.45, 7) is 5.70. The summed E-state index contributed by atoms with van der Waals surface area (Å²) in [5.74, 6) is 1.78. The van der Waals surface area contributed by atoms with Crippen molar-refractivity contribution in [3.63, 3.8) is 0 Å². The molecular weight excluding hydrogens is 172 g/mol. The summed E-state index contributed by atoms with van der Waals surface area (Å²) < 4.78 is 6.10. The lowest BCUT2D eigenvalue weighted by atomic mass is 9.82. The highest BCUT2D eigenvalue weighted by Crippen LogP contribution is 2.45. The second-order valence-electron chi connectivity index (χ2n) is 5.24. The molecule has 0 aromatic heterocycles. The summed E-state index contributed by atoms with van der Waals surface area (Å²) in [5.41, 5.74) is 0.341. The van der Waals surface area contributed by atoms with Crippen LogP contribution in [0.2, 0.25) is 0 Å². The minimum Gasteiger partial charge on any atom is -0.375 e. The van der Waals surface area contributed by atoms with E-state index >= 15 is 0 Å². The van der Waals surface area contributed by atoms with Crippen molar-refractivity contribution in [3.05, 3.63) is 0 Å². The van der Waals surface area contributed by atoms with Crippen LogP contribution in [-0.2, 0) is 4.74 Å². The molecule has 1 heterocycles. The molecular formula is C13H24O. The van der Waals surface area contributed by atoms with Gasteiger partial charge in [-0.15, -0.1) is 0 Å². The summed E-state index contributed by atoms with van der Waals surface area (Å²) in [7, 11) is 0. The predicted octanol–water partition coefficient (Wildman–Crippen LogP) is 3.77. The van der Waals surface area contributed by atoms with E-state index in [1.54, 1.807) is 0 Å². The van der Waals surface area contributed by atoms with E-state index in [0.29, 0.717) is 5.60 Å². The van der Waals surface area contributed by atoms with Gasteiger partial charge in [0, 0.05) is 0 Å². The van der Waals surface area contributed by atoms with E-state index in [1.165, 1.54) is 44.9 Å². The van der Waals surface area contributed by atoms with E-state index in [-0.39, 0.29) is 0 Å². The molecule has 0 aromatic carbocycles. The molecule has 1 nitrogen and oxygen atoms in total. The molecule has 1 saturated heterocycles. The van der Waals surface area contributed by atoms with Gasteiger partial charge in [-0.05, 0) is 31.1 Å². The molecule has 1 aliphatic heterocycles. The predicted molar refractivity (Wildman–Crippen MR) is 59.3 cm³/mol. The molecule has 82 valence electrons. The van der Waals surface area contributed by atoms with E-state index in [0.717, 1.165) is 18.4 Å². The van der Waals surface area contributed by atoms with Crippen LogP contribution < -0.4 is 0 Å². The maximum Gasteiger partial charge on any atom is 0.0686 e. The third-order valence-corrected chi connectivity index (χ3v) is 4.47. The maximum absolute atomic E-state index is 6.10. The second-order valence-corrected chi connectivity index (χ2v) is 5.24. The van der Waals surface area contributed by atoms with Crippen LogP contribution in [0.15, 0.2) is 0 Å². The summed E-state index contributed by atoms with van der Waals surface area (Å²) in [4.78, 5) is 0. The Morgan fingerprint density at radius 2 is 1.86 bits per heavy atom. The van der Waals surface area contributed by atoms with Crippen LogP contribution in [0.4, 0.5) is 0 Å². The Kier molecular flexibility index (Phi) is 3.16. The first kappa shape index (κ1) is 10.5. The van der Waals surface area contributed by atoms with Crippen molar-refractivity contribution in [3.8, 4) is 0 Å². The lowest BCUT2D eigenvalue weighted by molar-refractivity contribution is 0.00864. The quantitative estimate of drug-likeness (QED) is 0.667. The van der Waals surface area contributed by atoms with E-state index in [2.05, 4.69) is 13.8 Å². The van der Waals surface area contributed by atoms with Crippen molar-refractivity contribution in [2.24, 2.45) is 11.8 Å². The van der Waals surface area contributed by atoms with Gasteiger partial charge in [-0.3, -0.25) is 0 Å². The smallest absolute Gasteiger partial charge is 0.0686 e. The minimum atomic E-state index is 0.341. The molecule has 1 heteroatoms. The number of hydrogen-bond donors (Lipinski definition) is 0. The molecule has 1 spiro atoms. The van der Waals surface area contributed by atoms with Crippen LogP contribution in [0, 0.1) is 11.8 Å². The molecule has 1 aliphatic carbocycles. The van der Waals surface area contributed by atoms with Crippen LogP contribution in [0.5, 0.6) is 0 Å². The Morgan fingerprint density at radius 3 is 2.43 bits per heavy atom.